The molecule has 0 aromatic carbocycles. The maximum absolute atomic E-state index is 5.97. The normalized spacial score (nSPS) is 20.2. The standard InChI is InChI=1S/C12H19N3O2/c1-7(2)9(13)11-14-8(5-16-11)10-15-12(3,4)6-17-10/h5,7,9H,6,13H2,1-4H3/t9-/m0/s1. The van der Waals surface area contributed by atoms with E-state index >= 15 is 0 Å². The van der Waals surface area contributed by atoms with Gasteiger partial charge in [-0.2, -0.15) is 0 Å². The van der Waals surface area contributed by atoms with Crippen LogP contribution in [0.3, 0.4) is 0 Å². The number of hydrogen-bond donors (Lipinski definition) is 1. The number of nitrogens with two attached hydrogens (primary N) is 1. The lowest BCUT2D eigenvalue weighted by Gasteiger charge is -2.10. The molecular formula is C12H19N3O2. The lowest BCUT2D eigenvalue weighted by Crippen LogP contribution is -2.17. The Bertz CT molecular complexity index is 435. The molecule has 1 aliphatic rings. The van der Waals surface area contributed by atoms with E-state index in [1.54, 1.807) is 6.26 Å². The molecule has 2 heterocycles. The SMILES string of the molecule is CC(C)[C@H](N)c1nc(C2=NC(C)(C)CO2)co1. The highest BCUT2D eigenvalue weighted by Crippen LogP contribution is 2.22. The van der Waals surface area contributed by atoms with Crippen LogP contribution >= 0.6 is 0 Å². The van der Waals surface area contributed by atoms with E-state index in [-0.39, 0.29) is 17.5 Å². The van der Waals surface area contributed by atoms with Crippen molar-refractivity contribution in [2.75, 3.05) is 6.61 Å². The highest BCUT2D eigenvalue weighted by molar-refractivity contribution is 5.93. The summed E-state index contributed by atoms with van der Waals surface area (Å²) in [7, 11) is 0. The molecule has 0 saturated carbocycles. The van der Waals surface area contributed by atoms with Crippen molar-refractivity contribution in [2.24, 2.45) is 16.6 Å². The number of aromatic nitrogens is 1. The third-order valence-corrected chi connectivity index (χ3v) is 2.71. The first-order valence-corrected chi connectivity index (χ1v) is 5.83. The van der Waals surface area contributed by atoms with Gasteiger partial charge in [0.2, 0.25) is 11.8 Å². The fraction of sp³-hybridized carbons (Fsp3) is 0.667. The van der Waals surface area contributed by atoms with Gasteiger partial charge in [0.05, 0.1) is 11.6 Å². The molecule has 17 heavy (non-hydrogen) atoms. The highest BCUT2D eigenvalue weighted by atomic mass is 16.5. The van der Waals surface area contributed by atoms with Gasteiger partial charge in [-0.25, -0.2) is 9.98 Å². The van der Waals surface area contributed by atoms with Crippen LogP contribution in [0, 0.1) is 5.92 Å². The van der Waals surface area contributed by atoms with Crippen molar-refractivity contribution < 1.29 is 9.15 Å². The van der Waals surface area contributed by atoms with Crippen LogP contribution in [0.1, 0.15) is 45.3 Å². The summed E-state index contributed by atoms with van der Waals surface area (Å²) in [6.07, 6.45) is 1.55. The molecule has 0 radical (unpaired) electrons. The number of aliphatic imine (C=N–C) groups is 1. The van der Waals surface area contributed by atoms with Crippen molar-refractivity contribution >= 4 is 5.90 Å². The van der Waals surface area contributed by atoms with E-state index in [0.29, 0.717) is 24.1 Å². The summed E-state index contributed by atoms with van der Waals surface area (Å²) in [6.45, 7) is 8.66. The summed E-state index contributed by atoms with van der Waals surface area (Å²) in [6, 6.07) is -0.196. The van der Waals surface area contributed by atoms with Gasteiger partial charge < -0.3 is 14.9 Å². The van der Waals surface area contributed by atoms with Gasteiger partial charge in [0.1, 0.15) is 12.9 Å². The molecule has 5 heteroatoms. The maximum atomic E-state index is 5.97. The average molecular weight is 237 g/mol. The summed E-state index contributed by atoms with van der Waals surface area (Å²) in [5.74, 6) is 1.36. The minimum absolute atomic E-state index is 0.186. The zero-order valence-electron chi connectivity index (χ0n) is 10.7. The van der Waals surface area contributed by atoms with Gasteiger partial charge in [-0.1, -0.05) is 13.8 Å². The number of oxazole rings is 1. The first-order chi connectivity index (χ1) is 7.89. The molecule has 1 atom stereocenters. The van der Waals surface area contributed by atoms with Crippen molar-refractivity contribution in [2.45, 2.75) is 39.3 Å². The second-order valence-electron chi connectivity index (χ2n) is 5.36. The molecule has 2 N–H and O–H groups in total. The quantitative estimate of drug-likeness (QED) is 0.871. The Morgan fingerprint density at radius 3 is 2.65 bits per heavy atom. The van der Waals surface area contributed by atoms with Gasteiger partial charge in [0.15, 0.2) is 5.69 Å². The van der Waals surface area contributed by atoms with Crippen LogP contribution in [0.5, 0.6) is 0 Å². The van der Waals surface area contributed by atoms with E-state index < -0.39 is 0 Å². The van der Waals surface area contributed by atoms with Crippen molar-refractivity contribution in [1.82, 2.24) is 4.98 Å². The van der Waals surface area contributed by atoms with Crippen molar-refractivity contribution in [3.8, 4) is 0 Å². The molecule has 0 bridgehead atoms. The van der Waals surface area contributed by atoms with Crippen LogP contribution in [0.25, 0.3) is 0 Å². The molecule has 0 aliphatic carbocycles. The molecule has 1 aliphatic heterocycles. The summed E-state index contributed by atoms with van der Waals surface area (Å²) in [4.78, 5) is 8.77. The molecule has 1 aromatic rings. The van der Waals surface area contributed by atoms with E-state index in [1.807, 2.05) is 27.7 Å². The molecule has 0 unspecified atom stereocenters. The molecule has 1 aromatic heterocycles. The van der Waals surface area contributed by atoms with Crippen LogP contribution in [0.4, 0.5) is 0 Å². The lowest BCUT2D eigenvalue weighted by molar-refractivity contribution is 0.279. The van der Waals surface area contributed by atoms with Crippen LogP contribution in [-0.4, -0.2) is 23.0 Å². The largest absolute Gasteiger partial charge is 0.474 e. The molecule has 2 rings (SSSR count). The number of ether oxygens (including phenoxy) is 1. The smallest absolute Gasteiger partial charge is 0.239 e. The third-order valence-electron chi connectivity index (χ3n) is 2.71. The summed E-state index contributed by atoms with van der Waals surface area (Å²) < 4.78 is 10.9. The zero-order valence-corrected chi connectivity index (χ0v) is 10.7. The topological polar surface area (TPSA) is 73.6 Å². The van der Waals surface area contributed by atoms with Gasteiger partial charge >= 0.3 is 0 Å². The fourth-order valence-corrected chi connectivity index (χ4v) is 1.54. The van der Waals surface area contributed by atoms with E-state index in [0.717, 1.165) is 0 Å². The molecule has 5 nitrogen and oxygen atoms in total. The van der Waals surface area contributed by atoms with Crippen LogP contribution in [0.2, 0.25) is 0 Å². The highest BCUT2D eigenvalue weighted by Gasteiger charge is 2.29. The molecule has 0 saturated heterocycles. The number of rotatable bonds is 3. The zero-order chi connectivity index (χ0) is 12.6. The van der Waals surface area contributed by atoms with Gasteiger partial charge in [-0.3, -0.25) is 0 Å². The third kappa shape index (κ3) is 2.49. The van der Waals surface area contributed by atoms with Crippen LogP contribution < -0.4 is 5.73 Å². The van der Waals surface area contributed by atoms with Gasteiger partial charge in [-0.15, -0.1) is 0 Å². The predicted octanol–water partition coefficient (Wildman–Crippen LogP) is 1.89. The minimum Gasteiger partial charge on any atom is -0.474 e. The van der Waals surface area contributed by atoms with E-state index in [4.69, 9.17) is 14.9 Å². The van der Waals surface area contributed by atoms with Crippen LogP contribution in [0.15, 0.2) is 15.7 Å². The lowest BCUT2D eigenvalue weighted by atomic mass is 10.1. The Morgan fingerprint density at radius 2 is 2.12 bits per heavy atom. The Labute approximate surface area is 101 Å². The number of hydrogen-bond acceptors (Lipinski definition) is 5. The number of nitrogens with zero attached hydrogens (tertiary/aromatic N) is 2. The maximum Gasteiger partial charge on any atom is 0.239 e. The first kappa shape index (κ1) is 12.1. The first-order valence-electron chi connectivity index (χ1n) is 5.83. The minimum atomic E-state index is -0.196. The van der Waals surface area contributed by atoms with Gasteiger partial charge in [0, 0.05) is 0 Å². The van der Waals surface area contributed by atoms with E-state index in [9.17, 15) is 0 Å². The summed E-state index contributed by atoms with van der Waals surface area (Å²) in [5, 5.41) is 0. The molecular weight excluding hydrogens is 218 g/mol. The second-order valence-corrected chi connectivity index (χ2v) is 5.36. The summed E-state index contributed by atoms with van der Waals surface area (Å²) in [5.41, 5.74) is 6.41. The van der Waals surface area contributed by atoms with Gasteiger partial charge in [0.25, 0.3) is 0 Å². The fourth-order valence-electron chi connectivity index (χ4n) is 1.54. The van der Waals surface area contributed by atoms with Crippen molar-refractivity contribution in [1.29, 1.82) is 0 Å². The Kier molecular flexibility index (Phi) is 2.95. The van der Waals surface area contributed by atoms with E-state index in [1.165, 1.54) is 0 Å². The van der Waals surface area contributed by atoms with Crippen LogP contribution in [-0.2, 0) is 4.74 Å². The van der Waals surface area contributed by atoms with Crippen molar-refractivity contribution in [3.63, 3.8) is 0 Å². The Balaban J connectivity index is 2.20. The Morgan fingerprint density at radius 1 is 1.41 bits per heavy atom. The van der Waals surface area contributed by atoms with Crippen molar-refractivity contribution in [3.05, 3.63) is 17.8 Å². The average Bonchev–Trinajstić information content (AvgIpc) is 2.82. The predicted molar refractivity (Wildman–Crippen MR) is 64.8 cm³/mol. The molecule has 0 spiro atoms. The molecule has 0 amide bonds. The van der Waals surface area contributed by atoms with Gasteiger partial charge in [-0.05, 0) is 19.8 Å². The molecule has 94 valence electrons. The van der Waals surface area contributed by atoms with E-state index in [2.05, 4.69) is 9.98 Å². The summed E-state index contributed by atoms with van der Waals surface area (Å²) >= 11 is 0. The monoisotopic (exact) mass is 237 g/mol. The Hall–Kier alpha value is -1.36. The second kappa shape index (κ2) is 4.14. The molecule has 0 fully saturated rings.